The molecule has 0 amide bonds. The highest BCUT2D eigenvalue weighted by atomic mass is 32.2. The van der Waals surface area contributed by atoms with Crippen molar-refractivity contribution < 1.29 is 8.42 Å². The van der Waals surface area contributed by atoms with Crippen molar-refractivity contribution in [1.29, 1.82) is 0 Å². The lowest BCUT2D eigenvalue weighted by molar-refractivity contribution is 0.241. The van der Waals surface area contributed by atoms with Gasteiger partial charge in [0.2, 0.25) is 0 Å². The molecule has 1 saturated heterocycles. The summed E-state index contributed by atoms with van der Waals surface area (Å²) in [6.07, 6.45) is 3.08. The molecular weight excluding hydrogens is 270 g/mol. The maximum atomic E-state index is 11.6. The van der Waals surface area contributed by atoms with Crippen LogP contribution in [0.2, 0.25) is 0 Å². The van der Waals surface area contributed by atoms with E-state index in [1.807, 2.05) is 6.07 Å². The Morgan fingerprint density at radius 1 is 1.30 bits per heavy atom. The monoisotopic (exact) mass is 295 g/mol. The van der Waals surface area contributed by atoms with Gasteiger partial charge in [0.1, 0.15) is 0 Å². The molecule has 0 N–H and O–H groups in total. The van der Waals surface area contributed by atoms with Crippen LogP contribution in [0.5, 0.6) is 0 Å². The van der Waals surface area contributed by atoms with Crippen LogP contribution < -0.4 is 0 Å². The van der Waals surface area contributed by atoms with Crippen molar-refractivity contribution in [2.45, 2.75) is 38.1 Å². The zero-order valence-corrected chi connectivity index (χ0v) is 13.3. The molecule has 1 aromatic rings. The Kier molecular flexibility index (Phi) is 5.22. The Hall–Kier alpha value is -0.870. The van der Waals surface area contributed by atoms with Gasteiger partial charge in [-0.3, -0.25) is 0 Å². The van der Waals surface area contributed by atoms with Crippen LogP contribution in [0.1, 0.15) is 37.7 Å². The first-order chi connectivity index (χ1) is 9.52. The van der Waals surface area contributed by atoms with E-state index in [1.165, 1.54) is 5.56 Å². The van der Waals surface area contributed by atoms with Crippen molar-refractivity contribution in [1.82, 2.24) is 4.90 Å². The van der Waals surface area contributed by atoms with E-state index >= 15 is 0 Å². The fourth-order valence-corrected chi connectivity index (χ4v) is 4.86. The molecule has 0 aromatic heterocycles. The normalized spacial score (nSPS) is 23.1. The van der Waals surface area contributed by atoms with Crippen molar-refractivity contribution in [2.24, 2.45) is 0 Å². The Morgan fingerprint density at radius 3 is 2.55 bits per heavy atom. The van der Waals surface area contributed by atoms with Crippen molar-refractivity contribution in [3.63, 3.8) is 0 Å². The Labute approximate surface area is 122 Å². The lowest BCUT2D eigenvalue weighted by Gasteiger charge is -2.28. The Morgan fingerprint density at radius 2 is 2.00 bits per heavy atom. The zero-order valence-electron chi connectivity index (χ0n) is 12.5. The van der Waals surface area contributed by atoms with E-state index in [2.05, 4.69) is 43.1 Å². The van der Waals surface area contributed by atoms with Gasteiger partial charge >= 0.3 is 0 Å². The van der Waals surface area contributed by atoms with E-state index in [0.717, 1.165) is 25.8 Å². The van der Waals surface area contributed by atoms with Crippen LogP contribution in [0.25, 0.3) is 0 Å². The fraction of sp³-hybridized carbons (Fsp3) is 0.625. The number of sulfone groups is 1. The third kappa shape index (κ3) is 4.06. The van der Waals surface area contributed by atoms with E-state index in [0.29, 0.717) is 17.4 Å². The van der Waals surface area contributed by atoms with E-state index in [-0.39, 0.29) is 6.04 Å². The average molecular weight is 295 g/mol. The highest BCUT2D eigenvalue weighted by molar-refractivity contribution is 7.91. The average Bonchev–Trinajstić information content (AvgIpc) is 2.80. The number of nitrogens with zero attached hydrogens (tertiary/aromatic N) is 1. The minimum absolute atomic E-state index is 0.197. The van der Waals surface area contributed by atoms with Crippen molar-refractivity contribution in [3.8, 4) is 0 Å². The van der Waals surface area contributed by atoms with Gasteiger partial charge in [-0.2, -0.15) is 0 Å². The maximum absolute atomic E-state index is 11.6. The van der Waals surface area contributed by atoms with Crippen molar-refractivity contribution >= 4 is 9.84 Å². The molecule has 1 heterocycles. The summed E-state index contributed by atoms with van der Waals surface area (Å²) in [5.74, 6) is 1.18. The molecule has 0 radical (unpaired) electrons. The summed E-state index contributed by atoms with van der Waals surface area (Å²) < 4.78 is 23.2. The summed E-state index contributed by atoms with van der Waals surface area (Å²) in [6.45, 7) is 3.15. The molecule has 4 heteroatoms. The van der Waals surface area contributed by atoms with Gasteiger partial charge in [-0.15, -0.1) is 0 Å². The quantitative estimate of drug-likeness (QED) is 0.810. The van der Waals surface area contributed by atoms with Gasteiger partial charge in [-0.05, 0) is 31.4 Å². The van der Waals surface area contributed by atoms with E-state index in [1.54, 1.807) is 0 Å². The first-order valence-corrected chi connectivity index (χ1v) is 9.29. The number of hydrogen-bond donors (Lipinski definition) is 0. The lowest BCUT2D eigenvalue weighted by Crippen LogP contribution is -2.35. The first-order valence-electron chi connectivity index (χ1n) is 7.47. The number of rotatable bonds is 6. The molecule has 2 rings (SSSR count). The molecule has 0 aliphatic carbocycles. The van der Waals surface area contributed by atoms with Crippen LogP contribution in [0, 0.1) is 0 Å². The topological polar surface area (TPSA) is 37.4 Å². The molecule has 2 atom stereocenters. The number of likely N-dealkylation sites (N-methyl/N-ethyl adjacent to an activating group) is 1. The van der Waals surface area contributed by atoms with Crippen LogP contribution in [-0.2, 0) is 9.84 Å². The van der Waals surface area contributed by atoms with Crippen LogP contribution in [0.3, 0.4) is 0 Å². The molecule has 0 unspecified atom stereocenters. The molecule has 1 aliphatic rings. The lowest BCUT2D eigenvalue weighted by atomic mass is 9.93. The highest BCUT2D eigenvalue weighted by Crippen LogP contribution is 2.25. The summed E-state index contributed by atoms with van der Waals surface area (Å²) in [4.78, 5) is 2.25. The third-order valence-corrected chi connectivity index (χ3v) is 6.00. The van der Waals surface area contributed by atoms with Crippen molar-refractivity contribution in [3.05, 3.63) is 35.9 Å². The standard InChI is InChI=1S/C16H25NO2S/c1-3-7-15(14-8-5-4-6-9-14)12-17(2)16-10-11-20(18,19)13-16/h4-6,8-9,15-16H,3,7,10-13H2,1-2H3/t15-,16-/m1/s1. The largest absolute Gasteiger partial charge is 0.302 e. The van der Waals surface area contributed by atoms with Crippen LogP contribution in [0.4, 0.5) is 0 Å². The Balaban J connectivity index is 2.01. The van der Waals surface area contributed by atoms with Crippen LogP contribution in [-0.4, -0.2) is 44.5 Å². The van der Waals surface area contributed by atoms with Gasteiger partial charge in [0, 0.05) is 12.6 Å². The van der Waals surface area contributed by atoms with Gasteiger partial charge in [0.05, 0.1) is 11.5 Å². The van der Waals surface area contributed by atoms with Crippen molar-refractivity contribution in [2.75, 3.05) is 25.1 Å². The predicted molar refractivity (Wildman–Crippen MR) is 83.8 cm³/mol. The number of hydrogen-bond acceptors (Lipinski definition) is 3. The summed E-state index contributed by atoms with van der Waals surface area (Å²) >= 11 is 0. The molecular formula is C16H25NO2S. The van der Waals surface area contributed by atoms with E-state index in [4.69, 9.17) is 0 Å². The second kappa shape index (κ2) is 6.72. The molecule has 1 aliphatic heterocycles. The van der Waals surface area contributed by atoms with E-state index < -0.39 is 9.84 Å². The maximum Gasteiger partial charge on any atom is 0.151 e. The highest BCUT2D eigenvalue weighted by Gasteiger charge is 2.31. The summed E-state index contributed by atoms with van der Waals surface area (Å²) in [7, 11) is -0.728. The summed E-state index contributed by atoms with van der Waals surface area (Å²) in [6, 6.07) is 10.8. The predicted octanol–water partition coefficient (Wildman–Crippen LogP) is 2.69. The van der Waals surface area contributed by atoms with Gasteiger partial charge in [0.15, 0.2) is 9.84 Å². The molecule has 112 valence electrons. The van der Waals surface area contributed by atoms with Gasteiger partial charge in [-0.25, -0.2) is 8.42 Å². The smallest absolute Gasteiger partial charge is 0.151 e. The van der Waals surface area contributed by atoms with Crippen LogP contribution >= 0.6 is 0 Å². The minimum atomic E-state index is -2.79. The molecule has 1 fully saturated rings. The molecule has 3 nitrogen and oxygen atoms in total. The molecule has 0 bridgehead atoms. The minimum Gasteiger partial charge on any atom is -0.302 e. The van der Waals surface area contributed by atoms with Crippen LogP contribution in [0.15, 0.2) is 30.3 Å². The summed E-state index contributed by atoms with van der Waals surface area (Å²) in [5.41, 5.74) is 1.36. The van der Waals surface area contributed by atoms with Gasteiger partial charge in [-0.1, -0.05) is 43.7 Å². The second-order valence-corrected chi connectivity index (χ2v) is 8.12. The van der Waals surface area contributed by atoms with Gasteiger partial charge in [0.25, 0.3) is 0 Å². The first kappa shape index (κ1) is 15.5. The van der Waals surface area contributed by atoms with E-state index in [9.17, 15) is 8.42 Å². The fourth-order valence-electron chi connectivity index (χ4n) is 3.06. The second-order valence-electron chi connectivity index (χ2n) is 5.89. The summed E-state index contributed by atoms with van der Waals surface area (Å²) in [5, 5.41) is 0. The molecule has 1 aromatic carbocycles. The molecule has 20 heavy (non-hydrogen) atoms. The molecule has 0 saturated carbocycles. The third-order valence-electron chi connectivity index (χ3n) is 4.25. The SMILES string of the molecule is CCC[C@H](CN(C)[C@@H]1CCS(=O)(=O)C1)c1ccccc1. The zero-order chi connectivity index (χ0) is 14.6. The Bertz CT molecular complexity index is 513. The van der Waals surface area contributed by atoms with Gasteiger partial charge < -0.3 is 4.90 Å². The molecule has 0 spiro atoms. The number of benzene rings is 1.